The van der Waals surface area contributed by atoms with Crippen LogP contribution in [0.25, 0.3) is 16.5 Å². The van der Waals surface area contributed by atoms with Gasteiger partial charge in [0.05, 0.1) is 5.41 Å². The molecule has 150 valence electrons. The lowest BCUT2D eigenvalue weighted by atomic mass is 9.77. The Kier molecular flexibility index (Phi) is 3.72. The molecule has 0 amide bonds. The van der Waals surface area contributed by atoms with E-state index in [9.17, 15) is 14.3 Å². The van der Waals surface area contributed by atoms with Crippen molar-refractivity contribution in [2.75, 3.05) is 7.05 Å². The highest BCUT2D eigenvalue weighted by molar-refractivity contribution is 6.41. The molecule has 0 N–H and O–H groups in total. The quantitative estimate of drug-likeness (QED) is 0.487. The number of allylic oxidation sites excluding steroid dienone is 3. The number of ketones is 1. The van der Waals surface area contributed by atoms with Gasteiger partial charge in [-0.05, 0) is 32.0 Å². The van der Waals surface area contributed by atoms with Gasteiger partial charge < -0.3 is 9.67 Å². The Labute approximate surface area is 173 Å². The summed E-state index contributed by atoms with van der Waals surface area (Å²) >= 11 is 0. The first kappa shape index (κ1) is 18.6. The summed E-state index contributed by atoms with van der Waals surface area (Å²) in [5.41, 5.74) is 4.40. The van der Waals surface area contributed by atoms with Gasteiger partial charge in [-0.2, -0.15) is 4.58 Å². The SMILES string of the molecule is Cn1cc(C2=C([O-])/C(=C\C3=[N+](C)c4ccccc4C3(C)C)C2=O)c2cc(F)ccc21. The second kappa shape index (κ2) is 6.02. The number of Topliss-reactive ketones (excluding diaryl/α,β-unsaturated/α-hetero) is 1. The lowest BCUT2D eigenvalue weighted by Crippen LogP contribution is -2.33. The van der Waals surface area contributed by atoms with Crippen LogP contribution in [0.2, 0.25) is 0 Å². The predicted octanol–water partition coefficient (Wildman–Crippen LogP) is 3.60. The van der Waals surface area contributed by atoms with Crippen LogP contribution in [0.15, 0.2) is 66.1 Å². The normalized spacial score (nSPS) is 19.1. The minimum atomic E-state index is -0.395. The molecule has 0 saturated carbocycles. The van der Waals surface area contributed by atoms with Crippen molar-refractivity contribution in [1.29, 1.82) is 0 Å². The van der Waals surface area contributed by atoms with E-state index in [1.165, 1.54) is 12.1 Å². The number of rotatable bonds is 2. The number of carbonyl (C=O) groups excluding carboxylic acids is 1. The van der Waals surface area contributed by atoms with Crippen LogP contribution in [0.5, 0.6) is 0 Å². The number of nitrogens with zero attached hydrogens (tertiary/aromatic N) is 2. The van der Waals surface area contributed by atoms with Crippen molar-refractivity contribution in [3.05, 3.63) is 83.0 Å². The zero-order chi connectivity index (χ0) is 21.4. The van der Waals surface area contributed by atoms with Crippen molar-refractivity contribution in [3.8, 4) is 0 Å². The molecule has 2 aliphatic rings. The molecule has 0 atom stereocenters. The van der Waals surface area contributed by atoms with Gasteiger partial charge in [-0.25, -0.2) is 4.39 Å². The molecule has 4 nitrogen and oxygen atoms in total. The van der Waals surface area contributed by atoms with Crippen molar-refractivity contribution in [1.82, 2.24) is 4.57 Å². The van der Waals surface area contributed by atoms with Crippen molar-refractivity contribution in [2.24, 2.45) is 7.05 Å². The molecule has 0 bridgehead atoms. The van der Waals surface area contributed by atoms with Gasteiger partial charge in [-0.15, -0.1) is 0 Å². The average molecular weight is 400 g/mol. The smallest absolute Gasteiger partial charge is 0.209 e. The zero-order valence-corrected chi connectivity index (χ0v) is 17.3. The van der Waals surface area contributed by atoms with E-state index in [4.69, 9.17) is 0 Å². The number of benzene rings is 2. The summed E-state index contributed by atoms with van der Waals surface area (Å²) in [4.78, 5) is 13.0. The van der Waals surface area contributed by atoms with Crippen LogP contribution in [0.3, 0.4) is 0 Å². The molecule has 0 fully saturated rings. The van der Waals surface area contributed by atoms with Crippen LogP contribution in [-0.2, 0) is 17.3 Å². The molecular weight excluding hydrogens is 379 g/mol. The number of fused-ring (bicyclic) bond motifs is 2. The fraction of sp³-hybridized carbons (Fsp3) is 0.200. The first-order chi connectivity index (χ1) is 14.2. The van der Waals surface area contributed by atoms with E-state index in [2.05, 4.69) is 19.9 Å². The predicted molar refractivity (Wildman–Crippen MR) is 113 cm³/mol. The maximum Gasteiger partial charge on any atom is 0.209 e. The van der Waals surface area contributed by atoms with Crippen LogP contribution < -0.4 is 5.11 Å². The zero-order valence-electron chi connectivity index (χ0n) is 17.3. The minimum Gasteiger partial charge on any atom is -0.871 e. The van der Waals surface area contributed by atoms with E-state index in [0.29, 0.717) is 10.9 Å². The molecule has 2 heterocycles. The van der Waals surface area contributed by atoms with E-state index in [0.717, 1.165) is 22.5 Å². The number of aryl methyl sites for hydroxylation is 1. The Balaban J connectivity index is 1.64. The topological polar surface area (TPSA) is 48.1 Å². The Morgan fingerprint density at radius 3 is 2.60 bits per heavy atom. The van der Waals surface area contributed by atoms with Gasteiger partial charge in [0.25, 0.3) is 0 Å². The monoisotopic (exact) mass is 400 g/mol. The Bertz CT molecular complexity index is 1370. The maximum atomic E-state index is 13.8. The standard InChI is InChI=1S/C25H21FN2O2/c1-25(2)18-7-5-6-8-20(18)28(4)21(25)12-16-23(29)22(24(16)30)17-13-27(3)19-10-9-14(26)11-15(17)19/h5-13H,1-4H3. The molecule has 5 rings (SSSR count). The van der Waals surface area contributed by atoms with Crippen molar-refractivity contribution >= 4 is 33.7 Å². The van der Waals surface area contributed by atoms with E-state index in [1.54, 1.807) is 22.9 Å². The molecule has 0 spiro atoms. The fourth-order valence-corrected chi connectivity index (χ4v) is 4.75. The van der Waals surface area contributed by atoms with E-state index >= 15 is 0 Å². The van der Waals surface area contributed by atoms with Gasteiger partial charge in [0, 0.05) is 58.6 Å². The third-order valence-electron chi connectivity index (χ3n) is 6.39. The summed E-state index contributed by atoms with van der Waals surface area (Å²) < 4.78 is 17.6. The summed E-state index contributed by atoms with van der Waals surface area (Å²) in [6.07, 6.45) is 3.44. The Morgan fingerprint density at radius 1 is 1.17 bits per heavy atom. The third kappa shape index (κ3) is 2.32. The van der Waals surface area contributed by atoms with E-state index in [1.807, 2.05) is 36.9 Å². The number of halogens is 1. The van der Waals surface area contributed by atoms with Crippen LogP contribution in [0, 0.1) is 5.82 Å². The van der Waals surface area contributed by atoms with Crippen LogP contribution in [-0.4, -0.2) is 27.7 Å². The maximum absolute atomic E-state index is 13.8. The van der Waals surface area contributed by atoms with Crippen LogP contribution >= 0.6 is 0 Å². The van der Waals surface area contributed by atoms with Gasteiger partial charge >= 0.3 is 0 Å². The molecule has 1 aromatic heterocycles. The van der Waals surface area contributed by atoms with Crippen molar-refractivity contribution in [3.63, 3.8) is 0 Å². The molecular formula is C25H21FN2O2. The fourth-order valence-electron chi connectivity index (χ4n) is 4.75. The summed E-state index contributed by atoms with van der Waals surface area (Å²) in [6, 6.07) is 12.5. The number of hydrogen-bond donors (Lipinski definition) is 0. The van der Waals surface area contributed by atoms with E-state index in [-0.39, 0.29) is 28.1 Å². The van der Waals surface area contributed by atoms with Crippen molar-refractivity contribution in [2.45, 2.75) is 19.3 Å². The summed E-state index contributed by atoms with van der Waals surface area (Å²) in [6.45, 7) is 4.18. The molecule has 5 heteroatoms. The molecule has 3 aromatic rings. The molecule has 0 saturated heterocycles. The molecule has 0 radical (unpaired) electrons. The molecule has 1 aliphatic carbocycles. The van der Waals surface area contributed by atoms with Crippen molar-refractivity contribution < 1.29 is 18.9 Å². The highest BCUT2D eigenvalue weighted by atomic mass is 19.1. The third-order valence-corrected chi connectivity index (χ3v) is 6.39. The Morgan fingerprint density at radius 2 is 1.90 bits per heavy atom. The highest BCUT2D eigenvalue weighted by Gasteiger charge is 2.44. The second-order valence-electron chi connectivity index (χ2n) is 8.49. The minimum absolute atomic E-state index is 0.133. The summed E-state index contributed by atoms with van der Waals surface area (Å²) in [5.74, 6) is -0.970. The molecule has 30 heavy (non-hydrogen) atoms. The number of para-hydroxylation sites is 1. The molecule has 2 aromatic carbocycles. The van der Waals surface area contributed by atoms with Gasteiger partial charge in [0.15, 0.2) is 11.5 Å². The largest absolute Gasteiger partial charge is 0.871 e. The lowest BCUT2D eigenvalue weighted by molar-refractivity contribution is -0.401. The molecule has 0 unspecified atom stereocenters. The number of aromatic nitrogens is 1. The number of hydrogen-bond acceptors (Lipinski definition) is 2. The van der Waals surface area contributed by atoms with Gasteiger partial charge in [0.1, 0.15) is 12.9 Å². The van der Waals surface area contributed by atoms with E-state index < -0.39 is 5.82 Å². The molecule has 1 aliphatic heterocycles. The summed E-state index contributed by atoms with van der Waals surface area (Å²) in [7, 11) is 3.77. The Hall–Kier alpha value is -3.47. The van der Waals surface area contributed by atoms with Gasteiger partial charge in [-0.1, -0.05) is 24.0 Å². The first-order valence-electron chi connectivity index (χ1n) is 9.85. The highest BCUT2D eigenvalue weighted by Crippen LogP contribution is 2.42. The van der Waals surface area contributed by atoms with Crippen LogP contribution in [0.1, 0.15) is 25.0 Å². The van der Waals surface area contributed by atoms with Gasteiger partial charge in [0.2, 0.25) is 5.69 Å². The van der Waals surface area contributed by atoms with Crippen LogP contribution in [0.4, 0.5) is 10.1 Å². The number of carbonyl (C=O) groups is 1. The lowest BCUT2D eigenvalue weighted by Gasteiger charge is -2.30. The second-order valence-corrected chi connectivity index (χ2v) is 8.49. The average Bonchev–Trinajstić information content (AvgIpc) is 3.12. The summed E-state index contributed by atoms with van der Waals surface area (Å²) in [5, 5.41) is 13.6. The first-order valence-corrected chi connectivity index (χ1v) is 9.85. The van der Waals surface area contributed by atoms with Gasteiger partial charge in [-0.3, -0.25) is 4.79 Å².